The van der Waals surface area contributed by atoms with Crippen molar-refractivity contribution in [3.63, 3.8) is 0 Å². The SMILES string of the molecule is CCNC1CCCC1Cc1cc(Br)ccc1F. The first kappa shape index (κ1) is 13.0. The van der Waals surface area contributed by atoms with E-state index in [9.17, 15) is 4.39 Å². The largest absolute Gasteiger partial charge is 0.314 e. The van der Waals surface area contributed by atoms with Gasteiger partial charge in [-0.15, -0.1) is 0 Å². The van der Waals surface area contributed by atoms with Crippen LogP contribution < -0.4 is 5.32 Å². The van der Waals surface area contributed by atoms with E-state index in [0.717, 1.165) is 23.0 Å². The van der Waals surface area contributed by atoms with Gasteiger partial charge in [0.2, 0.25) is 0 Å². The first-order valence-corrected chi connectivity index (χ1v) is 7.17. The highest BCUT2D eigenvalue weighted by Gasteiger charge is 2.27. The second-order valence-electron chi connectivity index (χ2n) is 4.80. The lowest BCUT2D eigenvalue weighted by Crippen LogP contribution is -2.33. The van der Waals surface area contributed by atoms with Crippen LogP contribution in [0.15, 0.2) is 22.7 Å². The Kier molecular flexibility index (Phi) is 4.57. The smallest absolute Gasteiger partial charge is 0.126 e. The third kappa shape index (κ3) is 3.29. The summed E-state index contributed by atoms with van der Waals surface area (Å²) in [7, 11) is 0. The molecule has 0 heterocycles. The van der Waals surface area contributed by atoms with Crippen LogP contribution in [0, 0.1) is 11.7 Å². The molecule has 1 aliphatic rings. The Morgan fingerprint density at radius 3 is 3.00 bits per heavy atom. The van der Waals surface area contributed by atoms with Crippen molar-refractivity contribution < 1.29 is 4.39 Å². The Morgan fingerprint density at radius 2 is 2.24 bits per heavy atom. The Hall–Kier alpha value is -0.410. The summed E-state index contributed by atoms with van der Waals surface area (Å²) in [6.07, 6.45) is 4.55. The Balaban J connectivity index is 2.06. The fourth-order valence-corrected chi connectivity index (χ4v) is 3.20. The van der Waals surface area contributed by atoms with Gasteiger partial charge >= 0.3 is 0 Å². The molecule has 2 rings (SSSR count). The van der Waals surface area contributed by atoms with E-state index in [1.165, 1.54) is 19.3 Å². The van der Waals surface area contributed by atoms with E-state index in [0.29, 0.717) is 12.0 Å². The van der Waals surface area contributed by atoms with Crippen molar-refractivity contribution in [2.75, 3.05) is 6.54 Å². The van der Waals surface area contributed by atoms with Crippen molar-refractivity contribution >= 4 is 15.9 Å². The average molecular weight is 300 g/mol. The molecule has 2 unspecified atom stereocenters. The molecule has 3 heteroatoms. The molecule has 1 saturated carbocycles. The minimum Gasteiger partial charge on any atom is -0.314 e. The summed E-state index contributed by atoms with van der Waals surface area (Å²) in [6.45, 7) is 3.14. The zero-order valence-corrected chi connectivity index (χ0v) is 11.8. The number of halogens is 2. The summed E-state index contributed by atoms with van der Waals surface area (Å²) >= 11 is 3.41. The zero-order chi connectivity index (χ0) is 12.3. The monoisotopic (exact) mass is 299 g/mol. The Morgan fingerprint density at radius 1 is 1.41 bits per heavy atom. The van der Waals surface area contributed by atoms with Crippen molar-refractivity contribution in [3.05, 3.63) is 34.1 Å². The van der Waals surface area contributed by atoms with Crippen LogP contribution in [0.2, 0.25) is 0 Å². The minimum absolute atomic E-state index is 0.0738. The highest BCUT2D eigenvalue weighted by atomic mass is 79.9. The van der Waals surface area contributed by atoms with Gasteiger partial charge in [-0.2, -0.15) is 0 Å². The number of nitrogens with one attached hydrogen (secondary N) is 1. The van der Waals surface area contributed by atoms with Crippen LogP contribution in [-0.2, 0) is 6.42 Å². The summed E-state index contributed by atoms with van der Waals surface area (Å²) in [6, 6.07) is 5.79. The van der Waals surface area contributed by atoms with Crippen molar-refractivity contribution in [3.8, 4) is 0 Å². The minimum atomic E-state index is -0.0738. The fraction of sp³-hybridized carbons (Fsp3) is 0.571. The van der Waals surface area contributed by atoms with E-state index in [1.807, 2.05) is 6.07 Å². The lowest BCUT2D eigenvalue weighted by molar-refractivity contribution is 0.401. The van der Waals surface area contributed by atoms with E-state index in [1.54, 1.807) is 12.1 Å². The van der Waals surface area contributed by atoms with Crippen LogP contribution >= 0.6 is 15.9 Å². The van der Waals surface area contributed by atoms with Crippen molar-refractivity contribution in [1.29, 1.82) is 0 Å². The quantitative estimate of drug-likeness (QED) is 0.889. The second kappa shape index (κ2) is 5.96. The summed E-state index contributed by atoms with van der Waals surface area (Å²) in [5, 5.41) is 3.51. The van der Waals surface area contributed by atoms with Gasteiger partial charge in [-0.1, -0.05) is 29.3 Å². The van der Waals surface area contributed by atoms with Gasteiger partial charge in [-0.25, -0.2) is 4.39 Å². The van der Waals surface area contributed by atoms with Gasteiger partial charge in [0.05, 0.1) is 0 Å². The molecule has 17 heavy (non-hydrogen) atoms. The zero-order valence-electron chi connectivity index (χ0n) is 10.2. The highest BCUT2D eigenvalue weighted by Crippen LogP contribution is 2.30. The van der Waals surface area contributed by atoms with E-state index < -0.39 is 0 Å². The topological polar surface area (TPSA) is 12.0 Å². The Bertz CT molecular complexity index is 380. The molecule has 0 bridgehead atoms. The highest BCUT2D eigenvalue weighted by molar-refractivity contribution is 9.10. The van der Waals surface area contributed by atoms with Crippen molar-refractivity contribution in [1.82, 2.24) is 5.32 Å². The molecule has 94 valence electrons. The standard InChI is InChI=1S/C14H19BrFN/c1-2-17-14-5-3-4-10(14)8-11-9-12(15)6-7-13(11)16/h6-7,9-10,14,17H,2-5,8H2,1H3. The predicted molar refractivity (Wildman–Crippen MR) is 72.6 cm³/mol. The molecule has 1 fully saturated rings. The lowest BCUT2D eigenvalue weighted by Gasteiger charge is -2.20. The summed E-state index contributed by atoms with van der Waals surface area (Å²) in [4.78, 5) is 0. The molecule has 0 amide bonds. The first-order chi connectivity index (χ1) is 8.20. The van der Waals surface area contributed by atoms with Crippen LogP contribution in [0.4, 0.5) is 4.39 Å². The first-order valence-electron chi connectivity index (χ1n) is 6.38. The molecule has 1 aromatic carbocycles. The molecule has 0 spiro atoms. The van der Waals surface area contributed by atoms with Gasteiger partial charge < -0.3 is 5.32 Å². The summed E-state index contributed by atoms with van der Waals surface area (Å²) < 4.78 is 14.7. The molecule has 1 aliphatic carbocycles. The van der Waals surface area contributed by atoms with Crippen LogP contribution in [0.1, 0.15) is 31.7 Å². The molecular weight excluding hydrogens is 281 g/mol. The fourth-order valence-electron chi connectivity index (χ4n) is 2.79. The average Bonchev–Trinajstić information content (AvgIpc) is 2.72. The summed E-state index contributed by atoms with van der Waals surface area (Å²) in [5.41, 5.74) is 0.842. The van der Waals surface area contributed by atoms with E-state index in [4.69, 9.17) is 0 Å². The molecule has 1 N–H and O–H groups in total. The molecule has 1 nitrogen and oxygen atoms in total. The molecule has 0 aliphatic heterocycles. The number of rotatable bonds is 4. The maximum Gasteiger partial charge on any atom is 0.126 e. The van der Waals surface area contributed by atoms with E-state index in [2.05, 4.69) is 28.2 Å². The maximum atomic E-state index is 13.7. The van der Waals surface area contributed by atoms with Crippen LogP contribution in [0.5, 0.6) is 0 Å². The molecule has 0 aromatic heterocycles. The van der Waals surface area contributed by atoms with Gasteiger partial charge in [0, 0.05) is 10.5 Å². The van der Waals surface area contributed by atoms with Crippen molar-refractivity contribution in [2.24, 2.45) is 5.92 Å². The third-order valence-electron chi connectivity index (χ3n) is 3.62. The molecule has 1 aromatic rings. The van der Waals surface area contributed by atoms with Gasteiger partial charge in [0.15, 0.2) is 0 Å². The van der Waals surface area contributed by atoms with Gasteiger partial charge in [0.1, 0.15) is 5.82 Å². The molecule has 2 atom stereocenters. The van der Waals surface area contributed by atoms with Gasteiger partial charge in [-0.05, 0) is 55.5 Å². The van der Waals surface area contributed by atoms with E-state index >= 15 is 0 Å². The lowest BCUT2D eigenvalue weighted by atomic mass is 9.94. The number of hydrogen-bond donors (Lipinski definition) is 1. The third-order valence-corrected chi connectivity index (χ3v) is 4.11. The maximum absolute atomic E-state index is 13.7. The Labute approximate surface area is 111 Å². The molecule has 0 saturated heterocycles. The summed E-state index contributed by atoms with van der Waals surface area (Å²) in [5.74, 6) is 0.508. The molecule has 0 radical (unpaired) electrons. The predicted octanol–water partition coefficient (Wildman–Crippen LogP) is 3.91. The van der Waals surface area contributed by atoms with E-state index in [-0.39, 0.29) is 5.82 Å². The number of benzene rings is 1. The number of hydrogen-bond acceptors (Lipinski definition) is 1. The van der Waals surface area contributed by atoms with Crippen molar-refractivity contribution in [2.45, 2.75) is 38.6 Å². The van der Waals surface area contributed by atoms with Gasteiger partial charge in [0.25, 0.3) is 0 Å². The second-order valence-corrected chi connectivity index (χ2v) is 5.71. The van der Waals surface area contributed by atoms with Gasteiger partial charge in [-0.3, -0.25) is 0 Å². The van der Waals surface area contributed by atoms with Crippen LogP contribution in [0.3, 0.4) is 0 Å². The molecular formula is C14H19BrFN. The van der Waals surface area contributed by atoms with Crippen LogP contribution in [0.25, 0.3) is 0 Å². The van der Waals surface area contributed by atoms with Crippen LogP contribution in [-0.4, -0.2) is 12.6 Å². The normalized spacial score (nSPS) is 24.2.